The number of carbonyl (C=O) groups is 1. The van der Waals surface area contributed by atoms with Crippen LogP contribution in [-0.2, 0) is 0 Å². The van der Waals surface area contributed by atoms with Gasteiger partial charge in [0.25, 0.3) is 5.91 Å². The minimum atomic E-state index is -0.0548. The SMILES string of the molecule is CCCN(CCC)C(=O)c1cc(Nc2ccc(OCC)cc2)ncn1. The highest BCUT2D eigenvalue weighted by molar-refractivity contribution is 5.93. The largest absolute Gasteiger partial charge is 0.494 e. The van der Waals surface area contributed by atoms with Crippen molar-refractivity contribution in [3.05, 3.63) is 42.4 Å². The minimum absolute atomic E-state index is 0.0548. The molecule has 0 aliphatic heterocycles. The van der Waals surface area contributed by atoms with E-state index in [2.05, 4.69) is 29.1 Å². The number of aromatic nitrogens is 2. The van der Waals surface area contributed by atoms with Crippen LogP contribution in [0.5, 0.6) is 5.75 Å². The second kappa shape index (κ2) is 9.61. The van der Waals surface area contributed by atoms with Gasteiger partial charge in [0, 0.05) is 24.8 Å². The van der Waals surface area contributed by atoms with E-state index in [0.717, 1.165) is 37.4 Å². The van der Waals surface area contributed by atoms with Crippen molar-refractivity contribution >= 4 is 17.4 Å². The van der Waals surface area contributed by atoms with Gasteiger partial charge in [0.15, 0.2) is 0 Å². The van der Waals surface area contributed by atoms with Gasteiger partial charge >= 0.3 is 0 Å². The minimum Gasteiger partial charge on any atom is -0.494 e. The lowest BCUT2D eigenvalue weighted by Gasteiger charge is -2.21. The summed E-state index contributed by atoms with van der Waals surface area (Å²) in [7, 11) is 0. The number of nitrogens with one attached hydrogen (secondary N) is 1. The van der Waals surface area contributed by atoms with Crippen molar-refractivity contribution in [2.75, 3.05) is 25.0 Å². The number of benzene rings is 1. The predicted octanol–water partition coefficient (Wildman–Crippen LogP) is 3.88. The Labute approximate surface area is 149 Å². The third-order valence-corrected chi connectivity index (χ3v) is 3.60. The van der Waals surface area contributed by atoms with Crippen LogP contribution in [0, 0.1) is 0 Å². The van der Waals surface area contributed by atoms with Crippen LogP contribution in [0.2, 0.25) is 0 Å². The average Bonchev–Trinajstić information content (AvgIpc) is 2.63. The zero-order valence-electron chi connectivity index (χ0n) is 15.2. The Morgan fingerprint density at radius 2 is 1.76 bits per heavy atom. The summed E-state index contributed by atoms with van der Waals surface area (Å²) in [5, 5.41) is 3.19. The second-order valence-corrected chi connectivity index (χ2v) is 5.66. The van der Waals surface area contributed by atoms with Gasteiger partial charge in [0.2, 0.25) is 0 Å². The van der Waals surface area contributed by atoms with Gasteiger partial charge < -0.3 is 15.0 Å². The average molecular weight is 342 g/mol. The van der Waals surface area contributed by atoms with Crippen LogP contribution in [0.15, 0.2) is 36.7 Å². The van der Waals surface area contributed by atoms with Crippen LogP contribution < -0.4 is 10.1 Å². The summed E-state index contributed by atoms with van der Waals surface area (Å²) in [4.78, 5) is 22.8. The van der Waals surface area contributed by atoms with Crippen molar-refractivity contribution in [2.45, 2.75) is 33.6 Å². The number of hydrogen-bond donors (Lipinski definition) is 1. The summed E-state index contributed by atoms with van der Waals surface area (Å²) in [5.74, 6) is 1.36. The molecule has 0 spiro atoms. The van der Waals surface area contributed by atoms with E-state index >= 15 is 0 Å². The van der Waals surface area contributed by atoms with Crippen molar-refractivity contribution in [3.8, 4) is 5.75 Å². The topological polar surface area (TPSA) is 67.4 Å². The molecule has 25 heavy (non-hydrogen) atoms. The molecule has 2 aromatic rings. The van der Waals surface area contributed by atoms with E-state index in [0.29, 0.717) is 18.1 Å². The molecule has 0 saturated heterocycles. The molecule has 0 saturated carbocycles. The molecular formula is C19H26N4O2. The number of rotatable bonds is 9. The Kier molecular flexibility index (Phi) is 7.19. The van der Waals surface area contributed by atoms with E-state index in [9.17, 15) is 4.79 Å². The van der Waals surface area contributed by atoms with Crippen LogP contribution in [-0.4, -0.2) is 40.5 Å². The van der Waals surface area contributed by atoms with E-state index < -0.39 is 0 Å². The van der Waals surface area contributed by atoms with Crippen molar-refractivity contribution in [1.82, 2.24) is 14.9 Å². The molecule has 1 aromatic heterocycles. The highest BCUT2D eigenvalue weighted by Gasteiger charge is 2.16. The third kappa shape index (κ3) is 5.45. The lowest BCUT2D eigenvalue weighted by Crippen LogP contribution is -2.33. The maximum absolute atomic E-state index is 12.6. The number of anilines is 2. The fraction of sp³-hybridized carbons (Fsp3) is 0.421. The summed E-state index contributed by atoms with van der Waals surface area (Å²) in [6.45, 7) is 8.18. The van der Waals surface area contributed by atoms with Crippen LogP contribution in [0.3, 0.4) is 0 Å². The Morgan fingerprint density at radius 3 is 2.36 bits per heavy atom. The Balaban J connectivity index is 2.10. The molecular weight excluding hydrogens is 316 g/mol. The first-order chi connectivity index (χ1) is 12.2. The van der Waals surface area contributed by atoms with Crippen molar-refractivity contribution in [3.63, 3.8) is 0 Å². The van der Waals surface area contributed by atoms with Gasteiger partial charge in [-0.25, -0.2) is 9.97 Å². The molecule has 6 heteroatoms. The molecule has 0 aliphatic carbocycles. The fourth-order valence-corrected chi connectivity index (χ4v) is 2.51. The molecule has 0 radical (unpaired) electrons. The first-order valence-electron chi connectivity index (χ1n) is 8.79. The summed E-state index contributed by atoms with van der Waals surface area (Å²) >= 11 is 0. The van der Waals surface area contributed by atoms with Gasteiger partial charge in [-0.05, 0) is 44.0 Å². The van der Waals surface area contributed by atoms with Crippen LogP contribution in [0.1, 0.15) is 44.1 Å². The molecule has 1 heterocycles. The summed E-state index contributed by atoms with van der Waals surface area (Å²) in [6, 6.07) is 9.30. The molecule has 1 aromatic carbocycles. The normalized spacial score (nSPS) is 10.4. The van der Waals surface area contributed by atoms with Gasteiger partial charge in [-0.15, -0.1) is 0 Å². The highest BCUT2D eigenvalue weighted by atomic mass is 16.5. The highest BCUT2D eigenvalue weighted by Crippen LogP contribution is 2.19. The van der Waals surface area contributed by atoms with E-state index in [4.69, 9.17) is 4.74 Å². The monoisotopic (exact) mass is 342 g/mol. The van der Waals surface area contributed by atoms with E-state index in [1.807, 2.05) is 36.1 Å². The lowest BCUT2D eigenvalue weighted by molar-refractivity contribution is 0.0749. The molecule has 0 atom stereocenters. The molecule has 0 bridgehead atoms. The molecule has 1 amide bonds. The summed E-state index contributed by atoms with van der Waals surface area (Å²) < 4.78 is 5.43. The summed E-state index contributed by atoms with van der Waals surface area (Å²) in [6.07, 6.45) is 3.27. The third-order valence-electron chi connectivity index (χ3n) is 3.60. The summed E-state index contributed by atoms with van der Waals surface area (Å²) in [5.41, 5.74) is 1.28. The molecule has 0 aliphatic rings. The van der Waals surface area contributed by atoms with Gasteiger partial charge in [-0.1, -0.05) is 13.8 Å². The molecule has 0 unspecified atom stereocenters. The van der Waals surface area contributed by atoms with E-state index in [1.165, 1.54) is 6.33 Å². The van der Waals surface area contributed by atoms with Gasteiger partial charge in [-0.3, -0.25) is 4.79 Å². The van der Waals surface area contributed by atoms with Crippen LogP contribution in [0.4, 0.5) is 11.5 Å². The number of hydrogen-bond acceptors (Lipinski definition) is 5. The van der Waals surface area contributed by atoms with E-state index in [1.54, 1.807) is 6.07 Å². The zero-order chi connectivity index (χ0) is 18.1. The van der Waals surface area contributed by atoms with Gasteiger partial charge in [0.1, 0.15) is 23.6 Å². The molecule has 1 N–H and O–H groups in total. The zero-order valence-corrected chi connectivity index (χ0v) is 15.2. The maximum Gasteiger partial charge on any atom is 0.272 e. The van der Waals surface area contributed by atoms with Crippen LogP contribution >= 0.6 is 0 Å². The maximum atomic E-state index is 12.6. The molecule has 134 valence electrons. The van der Waals surface area contributed by atoms with Crippen LogP contribution in [0.25, 0.3) is 0 Å². The molecule has 2 rings (SSSR count). The smallest absolute Gasteiger partial charge is 0.272 e. The van der Waals surface area contributed by atoms with Gasteiger partial charge in [-0.2, -0.15) is 0 Å². The lowest BCUT2D eigenvalue weighted by atomic mass is 10.2. The second-order valence-electron chi connectivity index (χ2n) is 5.66. The number of carbonyl (C=O) groups excluding carboxylic acids is 1. The Morgan fingerprint density at radius 1 is 1.08 bits per heavy atom. The standard InChI is InChI=1S/C19H26N4O2/c1-4-11-23(12-5-2)19(24)17-13-18(21-14-20-17)22-15-7-9-16(10-8-15)25-6-3/h7-10,13-14H,4-6,11-12H2,1-3H3,(H,20,21,22). The number of amides is 1. The molecule has 0 fully saturated rings. The van der Waals surface area contributed by atoms with Crippen molar-refractivity contribution < 1.29 is 9.53 Å². The van der Waals surface area contributed by atoms with Gasteiger partial charge in [0.05, 0.1) is 6.61 Å². The fourth-order valence-electron chi connectivity index (χ4n) is 2.51. The number of nitrogens with zero attached hydrogens (tertiary/aromatic N) is 3. The van der Waals surface area contributed by atoms with Crippen molar-refractivity contribution in [2.24, 2.45) is 0 Å². The first kappa shape index (κ1) is 18.7. The Bertz CT molecular complexity index is 667. The Hall–Kier alpha value is -2.63. The number of ether oxygens (including phenoxy) is 1. The predicted molar refractivity (Wildman–Crippen MR) is 99.4 cm³/mol. The van der Waals surface area contributed by atoms with E-state index in [-0.39, 0.29) is 5.91 Å². The van der Waals surface area contributed by atoms with Crippen molar-refractivity contribution in [1.29, 1.82) is 0 Å². The quantitative estimate of drug-likeness (QED) is 0.749. The first-order valence-corrected chi connectivity index (χ1v) is 8.79. The molecule has 6 nitrogen and oxygen atoms in total.